The Balaban J connectivity index is 1.61. The van der Waals surface area contributed by atoms with Crippen LogP contribution in [0, 0.1) is 5.92 Å². The fourth-order valence-electron chi connectivity index (χ4n) is 4.45. The van der Waals surface area contributed by atoms with Crippen LogP contribution in [0.2, 0.25) is 0 Å². The molecule has 22 heavy (non-hydrogen) atoms. The molecule has 0 aromatic rings. The highest BCUT2D eigenvalue weighted by molar-refractivity contribution is 6.01. The molecule has 2 heterocycles. The molecule has 3 amide bonds. The summed E-state index contributed by atoms with van der Waals surface area (Å²) >= 11 is 0. The van der Waals surface area contributed by atoms with Crippen molar-refractivity contribution in [2.24, 2.45) is 5.92 Å². The Bertz CT molecular complexity index is 436. The van der Waals surface area contributed by atoms with Gasteiger partial charge < -0.3 is 10.4 Å². The van der Waals surface area contributed by atoms with Gasteiger partial charge in [0.2, 0.25) is 5.91 Å². The number of imide groups is 1. The lowest BCUT2D eigenvalue weighted by atomic mass is 9.72. The average Bonchev–Trinajstić information content (AvgIpc) is 3.04. The van der Waals surface area contributed by atoms with Gasteiger partial charge in [0, 0.05) is 25.0 Å². The summed E-state index contributed by atoms with van der Waals surface area (Å²) < 4.78 is 0. The highest BCUT2D eigenvalue weighted by Crippen LogP contribution is 2.40. The van der Waals surface area contributed by atoms with Crippen molar-refractivity contribution in [3.05, 3.63) is 0 Å². The Morgan fingerprint density at radius 1 is 1.23 bits per heavy atom. The summed E-state index contributed by atoms with van der Waals surface area (Å²) in [5.74, 6) is 0.178. The van der Waals surface area contributed by atoms with Crippen molar-refractivity contribution >= 4 is 11.9 Å². The zero-order chi connectivity index (χ0) is 15.7. The highest BCUT2D eigenvalue weighted by Gasteiger charge is 2.43. The molecule has 2 N–H and O–H groups in total. The number of carbonyl (C=O) groups excluding carboxylic acids is 2. The van der Waals surface area contributed by atoms with E-state index in [1.165, 1.54) is 11.3 Å². The third-order valence-electron chi connectivity index (χ3n) is 5.67. The summed E-state index contributed by atoms with van der Waals surface area (Å²) in [5.41, 5.74) is -0.577. The number of urea groups is 1. The molecule has 2 aliphatic heterocycles. The molecular formula is C16H27N3O3. The molecule has 3 atom stereocenters. The zero-order valence-corrected chi connectivity index (χ0v) is 13.4. The molecule has 0 bridgehead atoms. The third kappa shape index (κ3) is 2.99. The number of aliphatic hydroxyl groups is 1. The maximum absolute atomic E-state index is 11.7. The second kappa shape index (κ2) is 6.16. The number of nitrogens with one attached hydrogen (secondary N) is 1. The van der Waals surface area contributed by atoms with Crippen molar-refractivity contribution in [1.29, 1.82) is 0 Å². The monoisotopic (exact) mass is 309 g/mol. The Morgan fingerprint density at radius 2 is 2.05 bits per heavy atom. The Kier molecular flexibility index (Phi) is 4.41. The van der Waals surface area contributed by atoms with Crippen LogP contribution in [-0.2, 0) is 4.79 Å². The minimum Gasteiger partial charge on any atom is -0.390 e. The molecule has 1 saturated carbocycles. The van der Waals surface area contributed by atoms with E-state index < -0.39 is 5.60 Å². The SMILES string of the molecule is C[C@]1(O)CCCC[C@@H]1[C@H]1CCCN1CCN1C(=O)CNC1=O. The molecule has 6 nitrogen and oxygen atoms in total. The van der Waals surface area contributed by atoms with Crippen LogP contribution in [-0.4, -0.2) is 64.7 Å². The highest BCUT2D eigenvalue weighted by atomic mass is 16.3. The second-order valence-corrected chi connectivity index (χ2v) is 7.16. The Morgan fingerprint density at radius 3 is 2.73 bits per heavy atom. The van der Waals surface area contributed by atoms with Crippen molar-refractivity contribution < 1.29 is 14.7 Å². The molecule has 0 spiro atoms. The molecule has 0 aromatic carbocycles. The summed E-state index contributed by atoms with van der Waals surface area (Å²) in [4.78, 5) is 27.0. The molecule has 2 saturated heterocycles. The number of nitrogens with zero attached hydrogens (tertiary/aromatic N) is 2. The molecule has 6 heteroatoms. The zero-order valence-electron chi connectivity index (χ0n) is 13.4. The largest absolute Gasteiger partial charge is 0.390 e. The molecule has 124 valence electrons. The quantitative estimate of drug-likeness (QED) is 0.758. The van der Waals surface area contributed by atoms with Gasteiger partial charge in [0.25, 0.3) is 0 Å². The number of hydrogen-bond acceptors (Lipinski definition) is 4. The van der Waals surface area contributed by atoms with Gasteiger partial charge in [-0.15, -0.1) is 0 Å². The van der Waals surface area contributed by atoms with Gasteiger partial charge in [0.1, 0.15) is 0 Å². The van der Waals surface area contributed by atoms with Crippen LogP contribution in [0.15, 0.2) is 0 Å². The van der Waals surface area contributed by atoms with Crippen LogP contribution in [0.1, 0.15) is 45.4 Å². The minimum atomic E-state index is -0.577. The van der Waals surface area contributed by atoms with E-state index in [9.17, 15) is 14.7 Å². The molecule has 1 aliphatic carbocycles. The van der Waals surface area contributed by atoms with Crippen molar-refractivity contribution in [3.63, 3.8) is 0 Å². The molecule has 3 rings (SSSR count). The van der Waals surface area contributed by atoms with E-state index in [0.717, 1.165) is 45.2 Å². The van der Waals surface area contributed by atoms with Crippen molar-refractivity contribution in [2.45, 2.75) is 57.1 Å². The standard InChI is InChI=1S/C16H27N3O3/c1-16(22)7-3-2-5-12(16)13-6-4-8-18(13)9-10-19-14(20)11-17-15(19)21/h12-13,22H,2-11H2,1H3,(H,17,21)/t12-,13-,16+/m1/s1. The van der Waals surface area contributed by atoms with Crippen LogP contribution in [0.3, 0.4) is 0 Å². The van der Waals surface area contributed by atoms with E-state index in [4.69, 9.17) is 0 Å². The molecule has 0 radical (unpaired) electrons. The first-order valence-corrected chi connectivity index (χ1v) is 8.54. The van der Waals surface area contributed by atoms with Crippen molar-refractivity contribution in [1.82, 2.24) is 15.1 Å². The molecule has 0 unspecified atom stereocenters. The van der Waals surface area contributed by atoms with Crippen LogP contribution in [0.4, 0.5) is 4.79 Å². The van der Waals surface area contributed by atoms with Crippen LogP contribution in [0.5, 0.6) is 0 Å². The van der Waals surface area contributed by atoms with E-state index in [2.05, 4.69) is 10.2 Å². The fourth-order valence-corrected chi connectivity index (χ4v) is 4.45. The van der Waals surface area contributed by atoms with E-state index in [0.29, 0.717) is 18.5 Å². The number of carbonyl (C=O) groups is 2. The topological polar surface area (TPSA) is 72.9 Å². The lowest BCUT2D eigenvalue weighted by molar-refractivity contribution is -0.125. The van der Waals surface area contributed by atoms with Gasteiger partial charge >= 0.3 is 6.03 Å². The minimum absolute atomic E-state index is 0.125. The first-order valence-electron chi connectivity index (χ1n) is 8.54. The average molecular weight is 309 g/mol. The van der Waals surface area contributed by atoms with Gasteiger partial charge in [0.15, 0.2) is 0 Å². The number of hydrogen-bond donors (Lipinski definition) is 2. The first-order chi connectivity index (χ1) is 10.5. The van der Waals surface area contributed by atoms with Gasteiger partial charge in [-0.05, 0) is 39.2 Å². The molecular weight excluding hydrogens is 282 g/mol. The summed E-state index contributed by atoms with van der Waals surface area (Å²) in [6.45, 7) is 4.28. The lowest BCUT2D eigenvalue weighted by Crippen LogP contribution is -2.50. The predicted octanol–water partition coefficient (Wildman–Crippen LogP) is 0.944. The molecule has 3 fully saturated rings. The van der Waals surface area contributed by atoms with Gasteiger partial charge in [-0.3, -0.25) is 14.6 Å². The van der Waals surface area contributed by atoms with E-state index in [1.807, 2.05) is 6.92 Å². The smallest absolute Gasteiger partial charge is 0.324 e. The third-order valence-corrected chi connectivity index (χ3v) is 5.67. The molecule has 3 aliphatic rings. The molecule has 0 aromatic heterocycles. The van der Waals surface area contributed by atoms with Crippen LogP contribution >= 0.6 is 0 Å². The first kappa shape index (κ1) is 15.7. The van der Waals surface area contributed by atoms with Gasteiger partial charge in [0.05, 0.1) is 12.1 Å². The second-order valence-electron chi connectivity index (χ2n) is 7.16. The summed E-state index contributed by atoms with van der Waals surface area (Å²) in [6, 6.07) is 0.112. The van der Waals surface area contributed by atoms with E-state index >= 15 is 0 Å². The van der Waals surface area contributed by atoms with Gasteiger partial charge in [-0.25, -0.2) is 4.79 Å². The number of rotatable bonds is 4. The van der Waals surface area contributed by atoms with Gasteiger partial charge in [-0.1, -0.05) is 12.8 Å². The summed E-state index contributed by atoms with van der Waals surface area (Å²) in [6.07, 6.45) is 6.52. The Labute approximate surface area is 131 Å². The van der Waals surface area contributed by atoms with E-state index in [-0.39, 0.29) is 18.5 Å². The Hall–Kier alpha value is -1.14. The predicted molar refractivity (Wildman–Crippen MR) is 82.3 cm³/mol. The maximum Gasteiger partial charge on any atom is 0.324 e. The number of likely N-dealkylation sites (tertiary alicyclic amines) is 1. The van der Waals surface area contributed by atoms with E-state index in [1.54, 1.807) is 0 Å². The van der Waals surface area contributed by atoms with Crippen molar-refractivity contribution in [3.8, 4) is 0 Å². The normalized spacial score (nSPS) is 36.9. The van der Waals surface area contributed by atoms with Crippen LogP contribution < -0.4 is 5.32 Å². The van der Waals surface area contributed by atoms with Crippen molar-refractivity contribution in [2.75, 3.05) is 26.2 Å². The fraction of sp³-hybridized carbons (Fsp3) is 0.875. The summed E-state index contributed by atoms with van der Waals surface area (Å²) in [7, 11) is 0. The number of amides is 3. The lowest BCUT2D eigenvalue weighted by Gasteiger charge is -2.43. The van der Waals surface area contributed by atoms with Crippen LogP contribution in [0.25, 0.3) is 0 Å². The van der Waals surface area contributed by atoms with Gasteiger partial charge in [-0.2, -0.15) is 0 Å². The maximum atomic E-state index is 11.7. The summed E-state index contributed by atoms with van der Waals surface area (Å²) in [5, 5.41) is 13.3.